The number of piperidine rings is 1. The van der Waals surface area contributed by atoms with Crippen LogP contribution in [0.15, 0.2) is 0 Å². The third-order valence-corrected chi connectivity index (χ3v) is 4.48. The quantitative estimate of drug-likeness (QED) is 0.769. The fraction of sp³-hybridized carbons (Fsp3) is 0.846. The zero-order valence-corrected chi connectivity index (χ0v) is 11.6. The van der Waals surface area contributed by atoms with Crippen molar-refractivity contribution in [2.24, 2.45) is 5.92 Å². The van der Waals surface area contributed by atoms with E-state index in [1.807, 2.05) is 14.0 Å². The second-order valence-electron chi connectivity index (χ2n) is 5.54. The molecule has 108 valence electrons. The Morgan fingerprint density at radius 3 is 2.42 bits per heavy atom. The van der Waals surface area contributed by atoms with Crippen molar-refractivity contribution in [1.29, 1.82) is 0 Å². The number of nitrogens with one attached hydrogen (secondary N) is 1. The molecule has 2 amide bonds. The lowest BCUT2D eigenvalue weighted by molar-refractivity contribution is -0.142. The van der Waals surface area contributed by atoms with Crippen LogP contribution < -0.4 is 5.32 Å². The topological polar surface area (TPSA) is 72.9 Å². The first-order valence-electron chi connectivity index (χ1n) is 6.99. The first-order valence-corrected chi connectivity index (χ1v) is 6.99. The molecule has 2 saturated heterocycles. The Balaban J connectivity index is 1.97. The average Bonchev–Trinajstić information content (AvgIpc) is 2.80. The van der Waals surface area contributed by atoms with Gasteiger partial charge in [-0.1, -0.05) is 0 Å². The predicted octanol–water partition coefficient (Wildman–Crippen LogP) is 0.585. The molecule has 6 nitrogen and oxygen atoms in total. The summed E-state index contributed by atoms with van der Waals surface area (Å²) in [5, 5.41) is 12.4. The van der Waals surface area contributed by atoms with E-state index in [0.717, 1.165) is 25.9 Å². The van der Waals surface area contributed by atoms with Crippen LogP contribution in [-0.2, 0) is 4.79 Å². The minimum absolute atomic E-state index is 0.0249. The molecule has 0 saturated carbocycles. The number of amides is 2. The molecule has 0 bridgehead atoms. The maximum absolute atomic E-state index is 12.5. The summed E-state index contributed by atoms with van der Waals surface area (Å²) in [6.07, 6.45) is 2.49. The monoisotopic (exact) mass is 269 g/mol. The molecule has 6 heteroatoms. The molecule has 0 aliphatic carbocycles. The van der Waals surface area contributed by atoms with Gasteiger partial charge in [0.1, 0.15) is 0 Å². The van der Waals surface area contributed by atoms with Gasteiger partial charge < -0.3 is 20.2 Å². The van der Waals surface area contributed by atoms with Crippen LogP contribution in [-0.4, -0.2) is 65.7 Å². The molecule has 0 spiro atoms. The minimum Gasteiger partial charge on any atom is -0.481 e. The molecule has 0 aromatic heterocycles. The Morgan fingerprint density at radius 1 is 1.26 bits per heavy atom. The number of rotatable bonds is 2. The lowest BCUT2D eigenvalue weighted by Crippen LogP contribution is -2.50. The van der Waals surface area contributed by atoms with Crippen LogP contribution in [0.3, 0.4) is 0 Å². The van der Waals surface area contributed by atoms with Crippen LogP contribution in [0.25, 0.3) is 0 Å². The fourth-order valence-electron chi connectivity index (χ4n) is 3.09. The normalized spacial score (nSPS) is 28.4. The van der Waals surface area contributed by atoms with Crippen LogP contribution in [0.1, 0.15) is 26.2 Å². The third kappa shape index (κ3) is 2.83. The van der Waals surface area contributed by atoms with Gasteiger partial charge in [0.15, 0.2) is 0 Å². The number of carboxylic acids is 1. The SMILES string of the molecule is CC1C(C(=O)O)CCN1C(=O)N(C)C1CCNCC1. The van der Waals surface area contributed by atoms with Crippen LogP contribution in [0.5, 0.6) is 0 Å². The number of carbonyl (C=O) groups excluding carboxylic acids is 1. The van der Waals surface area contributed by atoms with Crippen LogP contribution in [0.4, 0.5) is 4.79 Å². The molecule has 0 radical (unpaired) electrons. The molecule has 0 aromatic rings. The first kappa shape index (κ1) is 14.1. The Bertz CT molecular complexity index is 355. The van der Waals surface area contributed by atoms with Gasteiger partial charge >= 0.3 is 12.0 Å². The van der Waals surface area contributed by atoms with Gasteiger partial charge in [-0.25, -0.2) is 4.79 Å². The highest BCUT2D eigenvalue weighted by atomic mass is 16.4. The van der Waals surface area contributed by atoms with Crippen LogP contribution in [0, 0.1) is 5.92 Å². The maximum Gasteiger partial charge on any atom is 0.320 e. The van der Waals surface area contributed by atoms with Gasteiger partial charge in [0.2, 0.25) is 0 Å². The van der Waals surface area contributed by atoms with E-state index in [9.17, 15) is 9.59 Å². The summed E-state index contributed by atoms with van der Waals surface area (Å²) in [6.45, 7) is 4.26. The highest BCUT2D eigenvalue weighted by Crippen LogP contribution is 2.26. The number of likely N-dealkylation sites (tertiary alicyclic amines) is 1. The van der Waals surface area contributed by atoms with Gasteiger partial charge in [0.05, 0.1) is 5.92 Å². The van der Waals surface area contributed by atoms with Crippen molar-refractivity contribution >= 4 is 12.0 Å². The zero-order chi connectivity index (χ0) is 14.0. The highest BCUT2D eigenvalue weighted by Gasteiger charge is 2.40. The standard InChI is InChI=1S/C13H23N3O3/c1-9-11(12(17)18)5-8-16(9)13(19)15(2)10-3-6-14-7-4-10/h9-11,14H,3-8H2,1-2H3,(H,17,18). The lowest BCUT2D eigenvalue weighted by atomic mass is 10.0. The van der Waals surface area contributed by atoms with Gasteiger partial charge in [0, 0.05) is 25.7 Å². The number of hydrogen-bond acceptors (Lipinski definition) is 3. The van der Waals surface area contributed by atoms with Crippen LogP contribution in [0.2, 0.25) is 0 Å². The van der Waals surface area contributed by atoms with Crippen molar-refractivity contribution in [2.75, 3.05) is 26.7 Å². The van der Waals surface area contributed by atoms with E-state index >= 15 is 0 Å². The number of urea groups is 1. The number of aliphatic carboxylic acids is 1. The molecule has 19 heavy (non-hydrogen) atoms. The van der Waals surface area contributed by atoms with Crippen molar-refractivity contribution in [3.8, 4) is 0 Å². The summed E-state index contributed by atoms with van der Waals surface area (Å²) in [7, 11) is 1.83. The van der Waals surface area contributed by atoms with E-state index in [0.29, 0.717) is 13.0 Å². The van der Waals surface area contributed by atoms with Crippen LogP contribution >= 0.6 is 0 Å². The second kappa shape index (κ2) is 5.77. The van der Waals surface area contributed by atoms with Gasteiger partial charge in [-0.15, -0.1) is 0 Å². The lowest BCUT2D eigenvalue weighted by Gasteiger charge is -2.36. The summed E-state index contributed by atoms with van der Waals surface area (Å²) in [5.74, 6) is -1.22. The number of carbonyl (C=O) groups is 2. The molecule has 2 aliphatic rings. The zero-order valence-electron chi connectivity index (χ0n) is 11.6. The second-order valence-corrected chi connectivity index (χ2v) is 5.54. The van der Waals surface area contributed by atoms with E-state index in [4.69, 9.17) is 5.11 Å². The molecular formula is C13H23N3O3. The molecule has 2 heterocycles. The fourth-order valence-corrected chi connectivity index (χ4v) is 3.09. The highest BCUT2D eigenvalue weighted by molar-refractivity contribution is 5.78. The Hall–Kier alpha value is -1.30. The molecule has 2 aliphatic heterocycles. The molecule has 0 aromatic carbocycles. The predicted molar refractivity (Wildman–Crippen MR) is 71.0 cm³/mol. The Morgan fingerprint density at radius 2 is 1.89 bits per heavy atom. The Kier molecular flexibility index (Phi) is 4.29. The van der Waals surface area contributed by atoms with E-state index in [-0.39, 0.29) is 18.1 Å². The van der Waals surface area contributed by atoms with Gasteiger partial charge in [-0.05, 0) is 39.3 Å². The van der Waals surface area contributed by atoms with Gasteiger partial charge in [0.25, 0.3) is 0 Å². The number of carboxylic acid groups (broad SMARTS) is 1. The number of nitrogens with zero attached hydrogens (tertiary/aromatic N) is 2. The summed E-state index contributed by atoms with van der Waals surface area (Å²) >= 11 is 0. The summed E-state index contributed by atoms with van der Waals surface area (Å²) in [6, 6.07) is 0.0298. The van der Waals surface area contributed by atoms with Crippen molar-refractivity contribution in [3.63, 3.8) is 0 Å². The summed E-state index contributed by atoms with van der Waals surface area (Å²) in [4.78, 5) is 27.1. The van der Waals surface area contributed by atoms with E-state index in [2.05, 4.69) is 5.32 Å². The molecule has 2 rings (SSSR count). The minimum atomic E-state index is -0.799. The van der Waals surface area contributed by atoms with Gasteiger partial charge in [-0.3, -0.25) is 4.79 Å². The average molecular weight is 269 g/mol. The molecule has 2 N–H and O–H groups in total. The summed E-state index contributed by atoms with van der Waals surface area (Å²) < 4.78 is 0. The van der Waals surface area contributed by atoms with Crippen molar-refractivity contribution in [3.05, 3.63) is 0 Å². The van der Waals surface area contributed by atoms with Crippen molar-refractivity contribution in [2.45, 2.75) is 38.3 Å². The Labute approximate surface area is 113 Å². The maximum atomic E-state index is 12.5. The van der Waals surface area contributed by atoms with Crippen molar-refractivity contribution < 1.29 is 14.7 Å². The molecule has 2 fully saturated rings. The smallest absolute Gasteiger partial charge is 0.320 e. The van der Waals surface area contributed by atoms with Crippen molar-refractivity contribution in [1.82, 2.24) is 15.1 Å². The molecule has 2 atom stereocenters. The van der Waals surface area contributed by atoms with E-state index < -0.39 is 11.9 Å². The first-order chi connectivity index (χ1) is 9.02. The third-order valence-electron chi connectivity index (χ3n) is 4.48. The van der Waals surface area contributed by atoms with E-state index in [1.54, 1.807) is 9.80 Å². The number of hydrogen-bond donors (Lipinski definition) is 2. The van der Waals surface area contributed by atoms with E-state index in [1.165, 1.54) is 0 Å². The summed E-state index contributed by atoms with van der Waals surface area (Å²) in [5.41, 5.74) is 0. The molecule has 2 unspecified atom stereocenters. The van der Waals surface area contributed by atoms with Gasteiger partial charge in [-0.2, -0.15) is 0 Å². The largest absolute Gasteiger partial charge is 0.481 e. The molecular weight excluding hydrogens is 246 g/mol.